The van der Waals surface area contributed by atoms with Gasteiger partial charge in [-0.05, 0) is 12.1 Å². The highest BCUT2D eigenvalue weighted by molar-refractivity contribution is 5.73. The summed E-state index contributed by atoms with van der Waals surface area (Å²) >= 11 is 0. The molecule has 0 aliphatic carbocycles. The van der Waals surface area contributed by atoms with Gasteiger partial charge in [-0.2, -0.15) is 13.2 Å². The Kier molecular flexibility index (Phi) is 4.77. The van der Waals surface area contributed by atoms with Crippen LogP contribution in [0.25, 0.3) is 0 Å². The van der Waals surface area contributed by atoms with Crippen LogP contribution in [0.1, 0.15) is 19.4 Å². The number of hydrogen-bond acceptors (Lipinski definition) is 4. The lowest BCUT2D eigenvalue weighted by Gasteiger charge is -2.18. The van der Waals surface area contributed by atoms with Crippen LogP contribution < -0.4 is 4.74 Å². The summed E-state index contributed by atoms with van der Waals surface area (Å²) in [6, 6.07) is 1.66. The Morgan fingerprint density at radius 3 is 2.33 bits per heavy atom. The summed E-state index contributed by atoms with van der Waals surface area (Å²) in [6.07, 6.45) is -6.14. The van der Waals surface area contributed by atoms with Gasteiger partial charge in [0.25, 0.3) is 0 Å². The number of rotatable bonds is 5. The van der Waals surface area contributed by atoms with E-state index in [1.165, 1.54) is 13.8 Å². The molecule has 6 nitrogen and oxygen atoms in total. The standard InChI is InChI=1S/C12H12F3NO5/c1-6(2)10(11(17)18)21-9-4-3-7(12(13,14)15)5-8(9)16(19)20/h3-6,10H,1-2H3,(H,17,18). The van der Waals surface area contributed by atoms with E-state index in [2.05, 4.69) is 0 Å². The molecule has 116 valence electrons. The number of carboxylic acid groups (broad SMARTS) is 1. The van der Waals surface area contributed by atoms with Crippen molar-refractivity contribution in [2.24, 2.45) is 5.92 Å². The van der Waals surface area contributed by atoms with E-state index in [0.29, 0.717) is 12.1 Å². The average Bonchev–Trinajstić information content (AvgIpc) is 2.33. The Balaban J connectivity index is 3.24. The van der Waals surface area contributed by atoms with Crippen molar-refractivity contribution in [2.45, 2.75) is 26.1 Å². The molecule has 21 heavy (non-hydrogen) atoms. The first-order chi connectivity index (χ1) is 9.54. The zero-order chi connectivity index (χ0) is 16.4. The number of aliphatic carboxylic acids is 1. The number of nitro benzene ring substituents is 1. The van der Waals surface area contributed by atoms with Gasteiger partial charge in [0.15, 0.2) is 11.9 Å². The number of ether oxygens (including phenoxy) is 1. The van der Waals surface area contributed by atoms with Crippen molar-refractivity contribution in [3.63, 3.8) is 0 Å². The average molecular weight is 307 g/mol. The molecule has 1 unspecified atom stereocenters. The van der Waals surface area contributed by atoms with E-state index < -0.39 is 46.1 Å². The number of nitro groups is 1. The van der Waals surface area contributed by atoms with E-state index in [1.54, 1.807) is 0 Å². The van der Waals surface area contributed by atoms with Gasteiger partial charge in [-0.25, -0.2) is 4.79 Å². The van der Waals surface area contributed by atoms with Gasteiger partial charge in [-0.3, -0.25) is 10.1 Å². The number of nitrogens with zero attached hydrogens (tertiary/aromatic N) is 1. The molecular formula is C12H12F3NO5. The minimum atomic E-state index is -4.74. The van der Waals surface area contributed by atoms with Crippen molar-refractivity contribution < 1.29 is 32.7 Å². The van der Waals surface area contributed by atoms with Crippen molar-refractivity contribution in [3.05, 3.63) is 33.9 Å². The lowest BCUT2D eigenvalue weighted by atomic mass is 10.1. The van der Waals surface area contributed by atoms with E-state index in [4.69, 9.17) is 9.84 Å². The van der Waals surface area contributed by atoms with Gasteiger partial charge in [0.05, 0.1) is 10.5 Å². The highest BCUT2D eigenvalue weighted by Gasteiger charge is 2.34. The first-order valence-electron chi connectivity index (χ1n) is 5.79. The molecule has 0 saturated carbocycles. The maximum Gasteiger partial charge on any atom is 0.416 e. The van der Waals surface area contributed by atoms with Gasteiger partial charge in [-0.15, -0.1) is 0 Å². The summed E-state index contributed by atoms with van der Waals surface area (Å²) in [4.78, 5) is 20.8. The number of benzene rings is 1. The first-order valence-corrected chi connectivity index (χ1v) is 5.79. The molecule has 0 fully saturated rings. The predicted molar refractivity (Wildman–Crippen MR) is 65.0 cm³/mol. The molecular weight excluding hydrogens is 295 g/mol. The van der Waals surface area contributed by atoms with Gasteiger partial charge >= 0.3 is 17.8 Å². The Labute approximate surface area is 117 Å². The van der Waals surface area contributed by atoms with Crippen molar-refractivity contribution in [3.8, 4) is 5.75 Å². The van der Waals surface area contributed by atoms with Crippen LogP contribution in [0.2, 0.25) is 0 Å². The summed E-state index contributed by atoms with van der Waals surface area (Å²) in [5.41, 5.74) is -2.14. The summed E-state index contributed by atoms with van der Waals surface area (Å²) in [5.74, 6) is -2.40. The van der Waals surface area contributed by atoms with Crippen LogP contribution in [0.3, 0.4) is 0 Å². The van der Waals surface area contributed by atoms with Crippen molar-refractivity contribution in [2.75, 3.05) is 0 Å². The molecule has 0 saturated heterocycles. The monoisotopic (exact) mass is 307 g/mol. The molecule has 0 aliphatic rings. The molecule has 0 aliphatic heterocycles. The summed E-state index contributed by atoms with van der Waals surface area (Å²) in [5, 5.41) is 19.8. The van der Waals surface area contributed by atoms with Crippen LogP contribution in [0, 0.1) is 16.0 Å². The Morgan fingerprint density at radius 2 is 1.95 bits per heavy atom. The number of halogens is 3. The lowest BCUT2D eigenvalue weighted by Crippen LogP contribution is -2.32. The van der Waals surface area contributed by atoms with Gasteiger partial charge in [0.1, 0.15) is 0 Å². The summed E-state index contributed by atoms with van der Waals surface area (Å²) < 4.78 is 42.6. The number of carboxylic acids is 1. The minimum Gasteiger partial charge on any atom is -0.478 e. The number of hydrogen-bond donors (Lipinski definition) is 1. The first kappa shape index (κ1) is 16.7. The fraction of sp³-hybridized carbons (Fsp3) is 0.417. The molecule has 0 heterocycles. The zero-order valence-corrected chi connectivity index (χ0v) is 11.0. The molecule has 1 aromatic rings. The summed E-state index contributed by atoms with van der Waals surface area (Å²) in [6.45, 7) is 3.02. The van der Waals surface area contributed by atoms with E-state index >= 15 is 0 Å². The minimum absolute atomic E-state index is 0.314. The Bertz CT molecular complexity index is 556. The van der Waals surface area contributed by atoms with Crippen molar-refractivity contribution in [1.82, 2.24) is 0 Å². The second-order valence-electron chi connectivity index (χ2n) is 4.56. The second kappa shape index (κ2) is 5.98. The van der Waals surface area contributed by atoms with Gasteiger partial charge in [-0.1, -0.05) is 13.8 Å². The number of alkyl halides is 3. The normalized spacial score (nSPS) is 13.0. The maximum atomic E-state index is 12.5. The van der Waals surface area contributed by atoms with Crippen LogP contribution in [-0.2, 0) is 11.0 Å². The van der Waals surface area contributed by atoms with E-state index in [0.717, 1.165) is 6.07 Å². The molecule has 9 heteroatoms. The van der Waals surface area contributed by atoms with E-state index in [9.17, 15) is 28.1 Å². The molecule has 1 aromatic carbocycles. The topological polar surface area (TPSA) is 89.7 Å². The van der Waals surface area contributed by atoms with Crippen LogP contribution in [0.5, 0.6) is 5.75 Å². The largest absolute Gasteiger partial charge is 0.478 e. The van der Waals surface area contributed by atoms with Crippen molar-refractivity contribution >= 4 is 11.7 Å². The fourth-order valence-electron chi connectivity index (χ4n) is 1.54. The predicted octanol–water partition coefficient (Wildman–Crippen LogP) is 3.10. The van der Waals surface area contributed by atoms with Crippen LogP contribution in [0.15, 0.2) is 18.2 Å². The highest BCUT2D eigenvalue weighted by atomic mass is 19.4. The van der Waals surface area contributed by atoms with Crippen LogP contribution in [0.4, 0.5) is 18.9 Å². The smallest absolute Gasteiger partial charge is 0.416 e. The Morgan fingerprint density at radius 1 is 1.38 bits per heavy atom. The fourth-order valence-corrected chi connectivity index (χ4v) is 1.54. The Hall–Kier alpha value is -2.32. The summed E-state index contributed by atoms with van der Waals surface area (Å²) in [7, 11) is 0. The van der Waals surface area contributed by atoms with E-state index in [-0.39, 0.29) is 0 Å². The molecule has 0 amide bonds. The lowest BCUT2D eigenvalue weighted by molar-refractivity contribution is -0.386. The number of carbonyl (C=O) groups is 1. The van der Waals surface area contributed by atoms with Gasteiger partial charge < -0.3 is 9.84 Å². The molecule has 0 radical (unpaired) electrons. The van der Waals surface area contributed by atoms with Gasteiger partial charge in [0.2, 0.25) is 0 Å². The molecule has 1 N–H and O–H groups in total. The van der Waals surface area contributed by atoms with Crippen LogP contribution >= 0.6 is 0 Å². The molecule has 0 spiro atoms. The second-order valence-corrected chi connectivity index (χ2v) is 4.56. The third-order valence-corrected chi connectivity index (χ3v) is 2.59. The van der Waals surface area contributed by atoms with Crippen LogP contribution in [-0.4, -0.2) is 22.1 Å². The molecule has 1 atom stereocenters. The molecule has 0 bridgehead atoms. The zero-order valence-electron chi connectivity index (χ0n) is 11.0. The van der Waals surface area contributed by atoms with Crippen molar-refractivity contribution in [1.29, 1.82) is 0 Å². The SMILES string of the molecule is CC(C)C(Oc1ccc(C(F)(F)F)cc1[N+](=O)[O-])C(=O)O. The third kappa shape index (κ3) is 4.07. The highest BCUT2D eigenvalue weighted by Crippen LogP contribution is 2.36. The molecule has 0 aromatic heterocycles. The third-order valence-electron chi connectivity index (χ3n) is 2.59. The quantitative estimate of drug-likeness (QED) is 0.667. The van der Waals surface area contributed by atoms with Gasteiger partial charge in [0, 0.05) is 12.0 Å². The maximum absolute atomic E-state index is 12.5. The molecule has 1 rings (SSSR count). The van der Waals surface area contributed by atoms with E-state index in [1.807, 2.05) is 0 Å².